The van der Waals surface area contributed by atoms with Crippen molar-refractivity contribution in [3.63, 3.8) is 0 Å². The third kappa shape index (κ3) is 4.37. The number of hydrogen-bond donors (Lipinski definition) is 0. The molecule has 0 radical (unpaired) electrons. The minimum absolute atomic E-state index is 0.151. The van der Waals surface area contributed by atoms with Crippen molar-refractivity contribution in [3.8, 4) is 39.1 Å². The van der Waals surface area contributed by atoms with Crippen LogP contribution in [0.1, 0.15) is 19.5 Å². The average molecular weight is 606 g/mol. The van der Waals surface area contributed by atoms with Gasteiger partial charge in [-0.25, -0.2) is 4.98 Å². The van der Waals surface area contributed by atoms with E-state index in [2.05, 4.69) is 120 Å². The predicted octanol–water partition coefficient (Wildman–Crippen LogP) is 12.0. The maximum Gasteiger partial charge on any atom is 0.114 e. The standard InChI is InChI=1S/C45H32N2/c1-2-43-46-40-23-10-12-25-42(40)47(43)41-24-11-9-17-34(41)31-26-28-32(29-27-31)44-36-18-5-7-20-38(36)45(39-21-8-6-19-37(39)44)35-22-13-15-30-14-3-4-16-33(30)35/h3-29H,2H2,1H3/i1D3,2D2. The molecule has 0 unspecified atom stereocenters. The molecule has 0 spiro atoms. The quantitative estimate of drug-likeness (QED) is 0.178. The molecule has 0 saturated heterocycles. The molecule has 1 heterocycles. The second kappa shape index (κ2) is 11.1. The Balaban J connectivity index is 1.23. The van der Waals surface area contributed by atoms with Crippen molar-refractivity contribution in [3.05, 3.63) is 170 Å². The van der Waals surface area contributed by atoms with Gasteiger partial charge in [0.05, 0.1) is 16.7 Å². The predicted molar refractivity (Wildman–Crippen MR) is 199 cm³/mol. The molecule has 0 bridgehead atoms. The van der Waals surface area contributed by atoms with Crippen molar-refractivity contribution in [2.75, 3.05) is 0 Å². The fraction of sp³-hybridized carbons (Fsp3) is 0.0444. The highest BCUT2D eigenvalue weighted by molar-refractivity contribution is 6.23. The van der Waals surface area contributed by atoms with Crippen LogP contribution in [0.15, 0.2) is 164 Å². The van der Waals surface area contributed by atoms with Gasteiger partial charge in [-0.15, -0.1) is 0 Å². The summed E-state index contributed by atoms with van der Waals surface area (Å²) in [7, 11) is 0. The minimum Gasteiger partial charge on any atom is -0.296 e. The molecule has 0 amide bonds. The van der Waals surface area contributed by atoms with E-state index >= 15 is 0 Å². The fourth-order valence-corrected chi connectivity index (χ4v) is 7.26. The van der Waals surface area contributed by atoms with Crippen LogP contribution in [0.5, 0.6) is 0 Å². The Labute approximate surface area is 281 Å². The second-order valence-electron chi connectivity index (χ2n) is 11.8. The van der Waals surface area contributed by atoms with Crippen molar-refractivity contribution in [2.24, 2.45) is 0 Å². The third-order valence-corrected chi connectivity index (χ3v) is 9.29. The zero-order valence-electron chi connectivity index (χ0n) is 30.5. The molecule has 9 aromatic rings. The molecule has 9 rings (SSSR count). The summed E-state index contributed by atoms with van der Waals surface area (Å²) in [5.41, 5.74) is 8.23. The summed E-state index contributed by atoms with van der Waals surface area (Å²) in [5.74, 6) is -0.151. The SMILES string of the molecule is [2H]C([2H])([2H])C([2H])([2H])c1nc2ccccc2n1-c1ccccc1-c1ccc(-c2c3ccccc3c(-c3cccc4ccccc34)c3ccccc23)cc1. The van der Waals surface area contributed by atoms with Crippen molar-refractivity contribution < 1.29 is 6.85 Å². The van der Waals surface area contributed by atoms with Gasteiger partial charge in [-0.2, -0.15) is 0 Å². The highest BCUT2D eigenvalue weighted by Gasteiger charge is 2.19. The summed E-state index contributed by atoms with van der Waals surface area (Å²) in [5, 5.41) is 7.13. The van der Waals surface area contributed by atoms with Gasteiger partial charge in [0, 0.05) is 18.8 Å². The summed E-state index contributed by atoms with van der Waals surface area (Å²) >= 11 is 0. The van der Waals surface area contributed by atoms with Crippen LogP contribution in [0, 0.1) is 0 Å². The lowest BCUT2D eigenvalue weighted by molar-refractivity contribution is 0.909. The van der Waals surface area contributed by atoms with E-state index in [9.17, 15) is 0 Å². The van der Waals surface area contributed by atoms with Gasteiger partial charge in [0.1, 0.15) is 5.82 Å². The molecular formula is C45H32N2. The Bertz CT molecular complexity index is 2750. The first-order valence-electron chi connectivity index (χ1n) is 18.3. The Hall–Kier alpha value is -5.99. The van der Waals surface area contributed by atoms with E-state index in [1.807, 2.05) is 42.5 Å². The van der Waals surface area contributed by atoms with Crippen molar-refractivity contribution in [2.45, 2.75) is 13.2 Å². The van der Waals surface area contributed by atoms with Crippen LogP contribution in [-0.2, 0) is 6.37 Å². The minimum atomic E-state index is -2.92. The molecule has 0 saturated carbocycles. The molecule has 0 fully saturated rings. The number of aromatic nitrogens is 2. The van der Waals surface area contributed by atoms with Crippen LogP contribution < -0.4 is 0 Å². The van der Waals surface area contributed by atoms with E-state index in [1.165, 1.54) is 43.4 Å². The van der Waals surface area contributed by atoms with Crippen molar-refractivity contribution >= 4 is 43.4 Å². The van der Waals surface area contributed by atoms with Crippen LogP contribution in [-0.4, -0.2) is 9.55 Å². The van der Waals surface area contributed by atoms with Gasteiger partial charge < -0.3 is 0 Å². The van der Waals surface area contributed by atoms with E-state index in [0.717, 1.165) is 22.3 Å². The first kappa shape index (κ1) is 22.5. The number of imidazole rings is 1. The molecule has 47 heavy (non-hydrogen) atoms. The normalized spacial score (nSPS) is 13.7. The zero-order valence-corrected chi connectivity index (χ0v) is 25.5. The smallest absolute Gasteiger partial charge is 0.114 e. The number of rotatable bonds is 5. The molecule has 2 heteroatoms. The number of benzene rings is 8. The van der Waals surface area contributed by atoms with E-state index in [1.54, 1.807) is 10.6 Å². The number of aryl methyl sites for hydroxylation is 1. The zero-order chi connectivity index (χ0) is 35.6. The van der Waals surface area contributed by atoms with Gasteiger partial charge in [0.2, 0.25) is 0 Å². The topological polar surface area (TPSA) is 17.8 Å². The van der Waals surface area contributed by atoms with E-state index < -0.39 is 13.2 Å². The molecule has 0 aliphatic carbocycles. The van der Waals surface area contributed by atoms with Gasteiger partial charge in [0.15, 0.2) is 0 Å². The highest BCUT2D eigenvalue weighted by Crippen LogP contribution is 2.45. The number of nitrogens with zero attached hydrogens (tertiary/aromatic N) is 2. The van der Waals surface area contributed by atoms with Gasteiger partial charge in [-0.3, -0.25) is 4.57 Å². The molecule has 2 nitrogen and oxygen atoms in total. The van der Waals surface area contributed by atoms with E-state index in [4.69, 9.17) is 6.85 Å². The molecular weight excluding hydrogens is 569 g/mol. The van der Waals surface area contributed by atoms with Crippen molar-refractivity contribution in [1.82, 2.24) is 9.55 Å². The lowest BCUT2D eigenvalue weighted by Gasteiger charge is -2.19. The van der Waals surface area contributed by atoms with Gasteiger partial charge in [-0.1, -0.05) is 152 Å². The monoisotopic (exact) mass is 605 g/mol. The van der Waals surface area contributed by atoms with Crippen molar-refractivity contribution in [1.29, 1.82) is 0 Å². The Morgan fingerprint density at radius 1 is 0.511 bits per heavy atom. The maximum atomic E-state index is 8.70. The summed E-state index contributed by atoms with van der Waals surface area (Å²) in [4.78, 5) is 4.55. The third-order valence-electron chi connectivity index (χ3n) is 9.29. The summed E-state index contributed by atoms with van der Waals surface area (Å²) in [6.45, 7) is -2.92. The Kier molecular flexibility index (Phi) is 5.32. The molecule has 0 aliphatic heterocycles. The van der Waals surface area contributed by atoms with E-state index in [0.29, 0.717) is 16.7 Å². The fourth-order valence-electron chi connectivity index (χ4n) is 7.26. The summed E-state index contributed by atoms with van der Waals surface area (Å²) in [6, 6.07) is 55.8. The lowest BCUT2D eigenvalue weighted by atomic mass is 9.84. The average Bonchev–Trinajstić information content (AvgIpc) is 3.57. The Morgan fingerprint density at radius 2 is 1.06 bits per heavy atom. The van der Waals surface area contributed by atoms with Gasteiger partial charge in [-0.05, 0) is 78.3 Å². The maximum absolute atomic E-state index is 8.70. The summed E-state index contributed by atoms with van der Waals surface area (Å²) in [6.07, 6.45) is -2.69. The largest absolute Gasteiger partial charge is 0.296 e. The van der Waals surface area contributed by atoms with Gasteiger partial charge >= 0.3 is 0 Å². The lowest BCUT2D eigenvalue weighted by Crippen LogP contribution is -2.02. The summed E-state index contributed by atoms with van der Waals surface area (Å²) < 4.78 is 43.2. The highest BCUT2D eigenvalue weighted by atomic mass is 15.1. The first-order chi connectivity index (χ1) is 25.2. The molecule has 0 aliphatic rings. The molecule has 1 aromatic heterocycles. The molecule has 0 N–H and O–H groups in total. The van der Waals surface area contributed by atoms with Gasteiger partial charge in [0.25, 0.3) is 0 Å². The molecule has 0 atom stereocenters. The Morgan fingerprint density at radius 3 is 1.81 bits per heavy atom. The van der Waals surface area contributed by atoms with Crippen LogP contribution in [0.25, 0.3) is 82.4 Å². The number of fused-ring (bicyclic) bond motifs is 4. The molecule has 8 aromatic carbocycles. The second-order valence-corrected chi connectivity index (χ2v) is 11.8. The van der Waals surface area contributed by atoms with E-state index in [-0.39, 0.29) is 5.82 Å². The first-order valence-corrected chi connectivity index (χ1v) is 15.8. The number of para-hydroxylation sites is 3. The van der Waals surface area contributed by atoms with Crippen LogP contribution in [0.2, 0.25) is 0 Å². The van der Waals surface area contributed by atoms with Crippen LogP contribution >= 0.6 is 0 Å². The number of hydrogen-bond acceptors (Lipinski definition) is 1. The van der Waals surface area contributed by atoms with Crippen LogP contribution in [0.3, 0.4) is 0 Å². The van der Waals surface area contributed by atoms with Crippen LogP contribution in [0.4, 0.5) is 0 Å². The molecule has 222 valence electrons.